The van der Waals surface area contributed by atoms with Gasteiger partial charge >= 0.3 is 0 Å². The van der Waals surface area contributed by atoms with Crippen molar-refractivity contribution in [1.82, 2.24) is 15.3 Å². The minimum absolute atomic E-state index is 0.0540. The summed E-state index contributed by atoms with van der Waals surface area (Å²) in [5.74, 6) is -0.631. The molecular weight excluding hydrogens is 295 g/mol. The number of nitrogens with one attached hydrogen (secondary N) is 2. The van der Waals surface area contributed by atoms with E-state index in [1.807, 2.05) is 0 Å². The molecule has 2 aromatic rings. The van der Waals surface area contributed by atoms with Gasteiger partial charge in [0.2, 0.25) is 5.95 Å². The Morgan fingerprint density at radius 2 is 1.90 bits per heavy atom. The van der Waals surface area contributed by atoms with E-state index >= 15 is 0 Å². The number of sulfonamides is 1. The lowest BCUT2D eigenvalue weighted by atomic mass is 10.1. The number of benzene rings is 1. The Labute approximate surface area is 122 Å². The third-order valence-corrected chi connectivity index (χ3v) is 4.27. The van der Waals surface area contributed by atoms with Gasteiger partial charge in [0.05, 0.1) is 4.90 Å². The van der Waals surface area contributed by atoms with Gasteiger partial charge in [0.25, 0.3) is 10.0 Å². The van der Waals surface area contributed by atoms with Crippen molar-refractivity contribution in [3.05, 3.63) is 47.5 Å². The molecule has 1 aromatic carbocycles. The van der Waals surface area contributed by atoms with Crippen LogP contribution in [0.15, 0.2) is 35.5 Å². The number of anilines is 1. The molecule has 0 aliphatic carbocycles. The van der Waals surface area contributed by atoms with Crippen molar-refractivity contribution in [2.24, 2.45) is 0 Å². The summed E-state index contributed by atoms with van der Waals surface area (Å²) < 4.78 is 40.8. The maximum Gasteiger partial charge on any atom is 0.264 e. The van der Waals surface area contributed by atoms with Crippen molar-refractivity contribution in [3.63, 3.8) is 0 Å². The molecular formula is C13H15FN4O2S. The maximum absolute atomic E-state index is 13.9. The van der Waals surface area contributed by atoms with Crippen LogP contribution in [0.4, 0.5) is 10.3 Å². The molecule has 0 aliphatic heterocycles. The summed E-state index contributed by atoms with van der Waals surface area (Å²) in [6.07, 6.45) is 2.82. The number of aromatic nitrogens is 2. The molecule has 21 heavy (non-hydrogen) atoms. The second-order valence-corrected chi connectivity index (χ2v) is 6.06. The summed E-state index contributed by atoms with van der Waals surface area (Å²) in [6.45, 7) is 1.78. The molecule has 2 rings (SSSR count). The number of halogens is 1. The number of rotatable bonds is 5. The minimum Gasteiger partial charge on any atom is -0.316 e. The summed E-state index contributed by atoms with van der Waals surface area (Å²) in [5.41, 5.74) is 0.591. The first kappa shape index (κ1) is 15.3. The molecule has 0 saturated carbocycles. The van der Waals surface area contributed by atoms with Crippen molar-refractivity contribution in [1.29, 1.82) is 0 Å². The van der Waals surface area contributed by atoms with Gasteiger partial charge < -0.3 is 5.32 Å². The van der Waals surface area contributed by atoms with E-state index in [2.05, 4.69) is 20.0 Å². The van der Waals surface area contributed by atoms with Gasteiger partial charge in [-0.05, 0) is 37.7 Å². The summed E-state index contributed by atoms with van der Waals surface area (Å²) in [4.78, 5) is 7.46. The van der Waals surface area contributed by atoms with E-state index in [1.54, 1.807) is 13.1 Å². The molecule has 0 radical (unpaired) electrons. The van der Waals surface area contributed by atoms with E-state index in [0.29, 0.717) is 12.1 Å². The zero-order chi connectivity index (χ0) is 15.5. The Morgan fingerprint density at radius 1 is 1.24 bits per heavy atom. The van der Waals surface area contributed by atoms with Crippen LogP contribution in [0, 0.1) is 12.7 Å². The monoisotopic (exact) mass is 310 g/mol. The lowest BCUT2D eigenvalue weighted by Gasteiger charge is -2.12. The van der Waals surface area contributed by atoms with Gasteiger partial charge in [-0.1, -0.05) is 0 Å². The fourth-order valence-electron chi connectivity index (χ4n) is 1.82. The van der Waals surface area contributed by atoms with Crippen molar-refractivity contribution >= 4 is 16.0 Å². The fraction of sp³-hybridized carbons (Fsp3) is 0.231. The lowest BCUT2D eigenvalue weighted by molar-refractivity contribution is 0.588. The molecule has 2 N–H and O–H groups in total. The SMILES string of the molecule is CNCc1cc(F)c(C)c(S(=O)(=O)Nc2ncccn2)c1. The van der Waals surface area contributed by atoms with Gasteiger partial charge in [-0.15, -0.1) is 0 Å². The number of hydrogen-bond acceptors (Lipinski definition) is 5. The number of hydrogen-bond donors (Lipinski definition) is 2. The van der Waals surface area contributed by atoms with Crippen molar-refractivity contribution in [3.8, 4) is 0 Å². The summed E-state index contributed by atoms with van der Waals surface area (Å²) in [6, 6.07) is 4.31. The molecule has 6 nitrogen and oxygen atoms in total. The Balaban J connectivity index is 2.44. The summed E-state index contributed by atoms with van der Waals surface area (Å²) in [7, 11) is -2.25. The second-order valence-electron chi connectivity index (χ2n) is 4.41. The molecule has 0 amide bonds. The lowest BCUT2D eigenvalue weighted by Crippen LogP contribution is -2.17. The predicted octanol–water partition coefficient (Wildman–Crippen LogP) is 1.44. The highest BCUT2D eigenvalue weighted by Gasteiger charge is 2.21. The van der Waals surface area contributed by atoms with Crippen LogP contribution < -0.4 is 10.0 Å². The van der Waals surface area contributed by atoms with Crippen LogP contribution in [0.5, 0.6) is 0 Å². The Kier molecular flexibility index (Phi) is 4.49. The van der Waals surface area contributed by atoms with E-state index < -0.39 is 15.8 Å². The van der Waals surface area contributed by atoms with E-state index in [0.717, 1.165) is 0 Å². The van der Waals surface area contributed by atoms with E-state index in [1.165, 1.54) is 31.5 Å². The van der Waals surface area contributed by atoms with Crippen molar-refractivity contribution in [2.45, 2.75) is 18.4 Å². The zero-order valence-corrected chi connectivity index (χ0v) is 12.4. The van der Waals surface area contributed by atoms with Crippen LogP contribution in [0.1, 0.15) is 11.1 Å². The largest absolute Gasteiger partial charge is 0.316 e. The van der Waals surface area contributed by atoms with Crippen LogP contribution in [0.3, 0.4) is 0 Å². The second kappa shape index (κ2) is 6.15. The highest BCUT2D eigenvalue weighted by molar-refractivity contribution is 7.92. The van der Waals surface area contributed by atoms with Crippen molar-refractivity contribution < 1.29 is 12.8 Å². The first-order chi connectivity index (χ1) is 9.94. The molecule has 0 unspecified atom stereocenters. The molecule has 112 valence electrons. The van der Waals surface area contributed by atoms with E-state index in [4.69, 9.17) is 0 Å². The molecule has 0 spiro atoms. The summed E-state index contributed by atoms with van der Waals surface area (Å²) in [5, 5.41) is 2.85. The highest BCUT2D eigenvalue weighted by atomic mass is 32.2. The molecule has 0 aliphatic rings. The van der Waals surface area contributed by atoms with Gasteiger partial charge in [0, 0.05) is 24.5 Å². The zero-order valence-electron chi connectivity index (χ0n) is 11.6. The predicted molar refractivity (Wildman–Crippen MR) is 76.7 cm³/mol. The van der Waals surface area contributed by atoms with Crippen LogP contribution in [-0.2, 0) is 16.6 Å². The molecule has 0 saturated heterocycles. The van der Waals surface area contributed by atoms with Gasteiger partial charge in [-0.25, -0.2) is 27.5 Å². The molecule has 1 heterocycles. The van der Waals surface area contributed by atoms with Crippen LogP contribution >= 0.6 is 0 Å². The van der Waals surface area contributed by atoms with Gasteiger partial charge in [-0.3, -0.25) is 0 Å². The normalized spacial score (nSPS) is 11.4. The van der Waals surface area contributed by atoms with Crippen LogP contribution in [0.2, 0.25) is 0 Å². The van der Waals surface area contributed by atoms with Crippen molar-refractivity contribution in [2.75, 3.05) is 11.8 Å². The Morgan fingerprint density at radius 3 is 2.52 bits per heavy atom. The maximum atomic E-state index is 13.9. The molecule has 0 bridgehead atoms. The molecule has 8 heteroatoms. The molecule has 1 aromatic heterocycles. The quantitative estimate of drug-likeness (QED) is 0.873. The smallest absolute Gasteiger partial charge is 0.264 e. The van der Waals surface area contributed by atoms with Crippen LogP contribution in [0.25, 0.3) is 0 Å². The first-order valence-corrected chi connectivity index (χ1v) is 7.66. The van der Waals surface area contributed by atoms with Gasteiger partial charge in [0.15, 0.2) is 0 Å². The third kappa shape index (κ3) is 3.53. The molecule has 0 atom stereocenters. The average Bonchev–Trinajstić information content (AvgIpc) is 2.43. The topological polar surface area (TPSA) is 84.0 Å². The number of nitrogens with zero attached hydrogens (tertiary/aromatic N) is 2. The van der Waals surface area contributed by atoms with Gasteiger partial charge in [0.1, 0.15) is 5.82 Å². The first-order valence-electron chi connectivity index (χ1n) is 6.17. The standard InChI is InChI=1S/C13H15FN4O2S/c1-9-11(14)6-10(8-15-2)7-12(9)21(19,20)18-13-16-4-3-5-17-13/h3-7,15H,8H2,1-2H3,(H,16,17,18). The Hall–Kier alpha value is -2.06. The van der Waals surface area contributed by atoms with Gasteiger partial charge in [-0.2, -0.15) is 0 Å². The fourth-order valence-corrected chi connectivity index (χ4v) is 3.08. The average molecular weight is 310 g/mol. The highest BCUT2D eigenvalue weighted by Crippen LogP contribution is 2.22. The van der Waals surface area contributed by atoms with Crippen LogP contribution in [-0.4, -0.2) is 25.4 Å². The Bertz CT molecular complexity index is 735. The van der Waals surface area contributed by atoms with E-state index in [9.17, 15) is 12.8 Å². The molecule has 0 fully saturated rings. The third-order valence-electron chi connectivity index (χ3n) is 2.82. The van der Waals surface area contributed by atoms with E-state index in [-0.39, 0.29) is 16.4 Å². The minimum atomic E-state index is -3.95. The summed E-state index contributed by atoms with van der Waals surface area (Å²) >= 11 is 0.